The van der Waals surface area contributed by atoms with Crippen LogP contribution in [0.5, 0.6) is 0 Å². The Morgan fingerprint density at radius 2 is 1.89 bits per heavy atom. The number of nitrogens with one attached hydrogen (secondary N) is 1. The smallest absolute Gasteiger partial charge is 0.255 e. The second kappa shape index (κ2) is 7.63. The third kappa shape index (κ3) is 4.44. The molecular weight excluding hydrogens is 368 g/mol. The topological polar surface area (TPSA) is 114 Å². The van der Waals surface area contributed by atoms with E-state index in [1.165, 1.54) is 14.9 Å². The minimum Gasteiger partial charge on any atom is -0.327 e. The van der Waals surface area contributed by atoms with Crippen LogP contribution in [-0.2, 0) is 14.8 Å². The quantitative estimate of drug-likeness (QED) is 0.784. The highest BCUT2D eigenvalue weighted by atomic mass is 32.2. The van der Waals surface area contributed by atoms with Crippen LogP contribution in [0.4, 0.5) is 5.69 Å². The third-order valence-electron chi connectivity index (χ3n) is 4.67. The van der Waals surface area contributed by atoms with E-state index in [1.807, 2.05) is 0 Å². The van der Waals surface area contributed by atoms with E-state index in [-0.39, 0.29) is 18.0 Å². The van der Waals surface area contributed by atoms with Crippen molar-refractivity contribution in [1.82, 2.24) is 8.87 Å². The van der Waals surface area contributed by atoms with E-state index in [1.54, 1.807) is 42.6 Å². The van der Waals surface area contributed by atoms with Crippen molar-refractivity contribution in [1.29, 1.82) is 0 Å². The molecular formula is C18H22N4O4S. The van der Waals surface area contributed by atoms with E-state index < -0.39 is 22.0 Å². The number of carbonyl (C=O) groups is 1. The monoisotopic (exact) mass is 390 g/mol. The summed E-state index contributed by atoms with van der Waals surface area (Å²) in [5.74, 6) is -0.939. The molecule has 9 heteroatoms. The summed E-state index contributed by atoms with van der Waals surface area (Å²) in [5, 5.41) is 2.78. The largest absolute Gasteiger partial charge is 0.327 e. The molecule has 0 bridgehead atoms. The van der Waals surface area contributed by atoms with E-state index in [0.717, 1.165) is 6.26 Å². The Balaban J connectivity index is 1.72. The van der Waals surface area contributed by atoms with E-state index in [4.69, 9.17) is 5.73 Å². The van der Waals surface area contributed by atoms with E-state index in [9.17, 15) is 18.0 Å². The standard InChI is InChI=1S/C18H22N4O4S/c1-27(25,26)21-11-9-16(19)15(12-21)18(24)20-13-5-7-14(8-6-13)22-10-3-2-4-17(22)23/h2-8,10,15-16H,9,11-12,19H2,1H3,(H,20,24). The van der Waals surface area contributed by atoms with Gasteiger partial charge in [0.05, 0.1) is 12.2 Å². The lowest BCUT2D eigenvalue weighted by Gasteiger charge is -2.34. The Labute approximate surface area is 157 Å². The molecule has 1 fully saturated rings. The minimum absolute atomic E-state index is 0.0727. The normalized spacial score (nSPS) is 21.0. The molecule has 2 unspecified atom stereocenters. The Kier molecular flexibility index (Phi) is 5.45. The van der Waals surface area contributed by atoms with Crippen LogP contribution < -0.4 is 16.6 Å². The lowest BCUT2D eigenvalue weighted by atomic mass is 9.93. The molecule has 3 rings (SSSR count). The Morgan fingerprint density at radius 3 is 2.52 bits per heavy atom. The number of piperidine rings is 1. The van der Waals surface area contributed by atoms with Crippen molar-refractivity contribution >= 4 is 21.6 Å². The molecule has 27 heavy (non-hydrogen) atoms. The first-order chi connectivity index (χ1) is 12.8. The number of amides is 1. The number of benzene rings is 1. The molecule has 1 aromatic heterocycles. The van der Waals surface area contributed by atoms with Crippen molar-refractivity contribution in [2.75, 3.05) is 24.7 Å². The first-order valence-corrected chi connectivity index (χ1v) is 10.4. The number of pyridine rings is 1. The number of nitrogens with two attached hydrogens (primary N) is 1. The van der Waals surface area contributed by atoms with E-state index >= 15 is 0 Å². The van der Waals surface area contributed by atoms with Gasteiger partial charge in [0, 0.05) is 42.8 Å². The van der Waals surface area contributed by atoms with Crippen LogP contribution in [0.2, 0.25) is 0 Å². The molecule has 2 aromatic rings. The van der Waals surface area contributed by atoms with Crippen molar-refractivity contribution in [3.05, 3.63) is 59.0 Å². The Morgan fingerprint density at radius 1 is 1.19 bits per heavy atom. The predicted octanol–water partition coefficient (Wildman–Crippen LogP) is 0.385. The van der Waals surface area contributed by atoms with Crippen molar-refractivity contribution in [2.24, 2.45) is 11.7 Å². The summed E-state index contributed by atoms with van der Waals surface area (Å²) < 4.78 is 26.3. The summed E-state index contributed by atoms with van der Waals surface area (Å²) >= 11 is 0. The summed E-state index contributed by atoms with van der Waals surface area (Å²) in [5.41, 5.74) is 7.12. The van der Waals surface area contributed by atoms with Gasteiger partial charge in [-0.25, -0.2) is 12.7 Å². The van der Waals surface area contributed by atoms with Crippen LogP contribution in [0, 0.1) is 5.92 Å². The van der Waals surface area contributed by atoms with Crippen LogP contribution in [-0.4, -0.2) is 48.6 Å². The number of aromatic nitrogens is 1. The van der Waals surface area contributed by atoms with Gasteiger partial charge in [-0.15, -0.1) is 0 Å². The van der Waals surface area contributed by atoms with E-state index in [2.05, 4.69) is 5.32 Å². The summed E-state index contributed by atoms with van der Waals surface area (Å²) in [6.45, 7) is 0.396. The highest BCUT2D eigenvalue weighted by Gasteiger charge is 2.35. The van der Waals surface area contributed by atoms with Gasteiger partial charge in [-0.2, -0.15) is 0 Å². The molecule has 0 saturated carbocycles. The fraction of sp³-hybridized carbons (Fsp3) is 0.333. The lowest BCUT2D eigenvalue weighted by molar-refractivity contribution is -0.121. The maximum atomic E-state index is 12.6. The summed E-state index contributed by atoms with van der Waals surface area (Å²) in [4.78, 5) is 24.5. The van der Waals surface area contributed by atoms with Gasteiger partial charge in [0.1, 0.15) is 0 Å². The number of carbonyl (C=O) groups excluding carboxylic acids is 1. The number of rotatable bonds is 4. The highest BCUT2D eigenvalue weighted by molar-refractivity contribution is 7.88. The van der Waals surface area contributed by atoms with Crippen LogP contribution in [0.25, 0.3) is 5.69 Å². The van der Waals surface area contributed by atoms with Gasteiger partial charge in [0.25, 0.3) is 5.56 Å². The molecule has 144 valence electrons. The third-order valence-corrected chi connectivity index (χ3v) is 5.94. The molecule has 2 atom stereocenters. The lowest BCUT2D eigenvalue weighted by Crippen LogP contribution is -2.52. The van der Waals surface area contributed by atoms with Gasteiger partial charge >= 0.3 is 0 Å². The fourth-order valence-corrected chi connectivity index (χ4v) is 3.97. The maximum absolute atomic E-state index is 12.6. The highest BCUT2D eigenvalue weighted by Crippen LogP contribution is 2.20. The fourth-order valence-electron chi connectivity index (χ4n) is 3.10. The number of nitrogens with zero attached hydrogens (tertiary/aromatic N) is 2. The molecule has 1 aromatic carbocycles. The van der Waals surface area contributed by atoms with Crippen molar-refractivity contribution in [3.63, 3.8) is 0 Å². The molecule has 1 aliphatic heterocycles. The Bertz CT molecular complexity index is 985. The van der Waals surface area contributed by atoms with Crippen LogP contribution in [0.1, 0.15) is 6.42 Å². The molecule has 8 nitrogen and oxygen atoms in total. The summed E-state index contributed by atoms with van der Waals surface area (Å²) in [6.07, 6.45) is 3.22. The molecule has 0 aliphatic carbocycles. The van der Waals surface area contributed by atoms with Crippen LogP contribution in [0.15, 0.2) is 53.5 Å². The van der Waals surface area contributed by atoms with Gasteiger partial charge in [-0.3, -0.25) is 14.2 Å². The van der Waals surface area contributed by atoms with Gasteiger partial charge in [0.2, 0.25) is 15.9 Å². The first kappa shape index (κ1) is 19.3. The average Bonchev–Trinajstić information content (AvgIpc) is 2.62. The number of sulfonamides is 1. The second-order valence-corrected chi connectivity index (χ2v) is 8.61. The number of hydrogen-bond acceptors (Lipinski definition) is 5. The van der Waals surface area contributed by atoms with Gasteiger partial charge in [0.15, 0.2) is 0 Å². The zero-order valence-electron chi connectivity index (χ0n) is 14.9. The summed E-state index contributed by atoms with van der Waals surface area (Å²) in [6, 6.07) is 11.3. The van der Waals surface area contributed by atoms with Crippen LogP contribution >= 0.6 is 0 Å². The molecule has 0 spiro atoms. The average molecular weight is 390 g/mol. The van der Waals surface area contributed by atoms with Gasteiger partial charge in [-0.1, -0.05) is 6.07 Å². The van der Waals surface area contributed by atoms with E-state index in [0.29, 0.717) is 24.3 Å². The van der Waals surface area contributed by atoms with Crippen LogP contribution in [0.3, 0.4) is 0 Å². The van der Waals surface area contributed by atoms with Gasteiger partial charge in [-0.05, 0) is 36.8 Å². The SMILES string of the molecule is CS(=O)(=O)N1CCC(N)C(C(=O)Nc2ccc(-n3ccccc3=O)cc2)C1. The first-order valence-electron chi connectivity index (χ1n) is 8.55. The molecule has 1 aliphatic rings. The van der Waals surface area contributed by atoms with Crippen molar-refractivity contribution in [2.45, 2.75) is 12.5 Å². The zero-order chi connectivity index (χ0) is 19.6. The molecule has 2 heterocycles. The molecule has 0 radical (unpaired) electrons. The molecule has 1 amide bonds. The summed E-state index contributed by atoms with van der Waals surface area (Å²) in [7, 11) is -3.36. The second-order valence-electron chi connectivity index (χ2n) is 6.63. The van der Waals surface area contributed by atoms with Crippen molar-refractivity contribution in [3.8, 4) is 5.69 Å². The molecule has 1 saturated heterocycles. The molecule has 3 N–H and O–H groups in total. The number of anilines is 1. The predicted molar refractivity (Wildman–Crippen MR) is 103 cm³/mol. The number of hydrogen-bond donors (Lipinski definition) is 2. The Hall–Kier alpha value is -2.49. The minimum atomic E-state index is -3.36. The zero-order valence-corrected chi connectivity index (χ0v) is 15.7. The van der Waals surface area contributed by atoms with Crippen molar-refractivity contribution < 1.29 is 13.2 Å². The maximum Gasteiger partial charge on any atom is 0.255 e. The van der Waals surface area contributed by atoms with Gasteiger partial charge < -0.3 is 11.1 Å².